The van der Waals surface area contributed by atoms with Crippen molar-refractivity contribution in [3.05, 3.63) is 16.4 Å². The van der Waals surface area contributed by atoms with E-state index in [1.165, 1.54) is 12.8 Å². The Morgan fingerprint density at radius 1 is 1.08 bits per heavy atom. The van der Waals surface area contributed by atoms with Gasteiger partial charge in [0.2, 0.25) is 0 Å². The summed E-state index contributed by atoms with van der Waals surface area (Å²) in [7, 11) is 0. The molecule has 2 aromatic heterocycles. The van der Waals surface area contributed by atoms with Crippen LogP contribution in [-0.2, 0) is 0 Å². The van der Waals surface area contributed by atoms with Gasteiger partial charge in [-0.25, -0.2) is 9.78 Å². The first kappa shape index (κ1) is 25.2. The zero-order chi connectivity index (χ0) is 25.9. The molecule has 4 saturated heterocycles. The maximum absolute atomic E-state index is 11.8. The number of hydrogen-bond donors (Lipinski definition) is 1. The number of anilines is 1. The normalized spacial score (nSPS) is 31.4. The molecule has 37 heavy (non-hydrogen) atoms. The Morgan fingerprint density at radius 2 is 1.73 bits per heavy atom. The molecule has 4 fully saturated rings. The molecular formula is C26H34Cl2N6O3. The first-order valence-corrected chi connectivity index (χ1v) is 14.2. The zero-order valence-corrected chi connectivity index (χ0v) is 22.9. The lowest BCUT2D eigenvalue weighted by Gasteiger charge is -2.40. The summed E-state index contributed by atoms with van der Waals surface area (Å²) in [6.07, 6.45) is 7.12. The third-order valence-corrected chi connectivity index (χ3v) is 9.93. The van der Waals surface area contributed by atoms with E-state index < -0.39 is 6.09 Å². The Kier molecular flexibility index (Phi) is 6.52. The molecule has 6 heterocycles. The number of piperazine rings is 1. The summed E-state index contributed by atoms with van der Waals surface area (Å²) < 4.78 is 6.43. The maximum Gasteiger partial charge on any atom is 0.407 e. The molecule has 1 N–H and O–H groups in total. The van der Waals surface area contributed by atoms with E-state index in [-0.39, 0.29) is 33.8 Å². The lowest BCUT2D eigenvalue weighted by atomic mass is 9.86. The summed E-state index contributed by atoms with van der Waals surface area (Å²) in [5.41, 5.74) is 0.533. The first-order valence-electron chi connectivity index (χ1n) is 13.5. The number of carbonyl (C=O) groups is 1. The Hall–Kier alpha value is -2.10. The van der Waals surface area contributed by atoms with E-state index >= 15 is 0 Å². The molecule has 200 valence electrons. The van der Waals surface area contributed by atoms with Crippen LogP contribution in [-0.4, -0.2) is 86.4 Å². The number of amides is 1. The van der Waals surface area contributed by atoms with E-state index in [1.54, 1.807) is 11.1 Å². The maximum atomic E-state index is 11.8. The van der Waals surface area contributed by atoms with Gasteiger partial charge in [0.05, 0.1) is 23.0 Å². The highest BCUT2D eigenvalue weighted by atomic mass is 35.5. The summed E-state index contributed by atoms with van der Waals surface area (Å²) in [6, 6.07) is 0.152. The van der Waals surface area contributed by atoms with E-state index in [2.05, 4.69) is 28.6 Å². The van der Waals surface area contributed by atoms with Crippen molar-refractivity contribution in [2.24, 2.45) is 11.8 Å². The van der Waals surface area contributed by atoms with Gasteiger partial charge >= 0.3 is 12.1 Å². The fourth-order valence-corrected chi connectivity index (χ4v) is 7.61. The second-order valence-electron chi connectivity index (χ2n) is 11.3. The fraction of sp³-hybridized carbons (Fsp3) is 0.692. The Bertz CT molecular complexity index is 1180. The van der Waals surface area contributed by atoms with Crippen LogP contribution in [0.2, 0.25) is 10.2 Å². The van der Waals surface area contributed by atoms with E-state index in [4.69, 9.17) is 37.9 Å². The van der Waals surface area contributed by atoms with Crippen LogP contribution in [0.3, 0.4) is 0 Å². The topological polar surface area (TPSA) is 94.9 Å². The van der Waals surface area contributed by atoms with Crippen LogP contribution in [0.5, 0.6) is 6.01 Å². The minimum atomic E-state index is -0.854. The number of halogens is 2. The molecule has 2 unspecified atom stereocenters. The highest BCUT2D eigenvalue weighted by Gasteiger charge is 2.51. The molecule has 4 aliphatic heterocycles. The summed E-state index contributed by atoms with van der Waals surface area (Å²) in [4.78, 5) is 32.0. The van der Waals surface area contributed by atoms with Crippen LogP contribution in [0.4, 0.5) is 10.6 Å². The van der Waals surface area contributed by atoms with Crippen LogP contribution < -0.4 is 9.64 Å². The third kappa shape index (κ3) is 4.27. The van der Waals surface area contributed by atoms with Crippen molar-refractivity contribution >= 4 is 46.0 Å². The monoisotopic (exact) mass is 548 g/mol. The van der Waals surface area contributed by atoms with Gasteiger partial charge in [0.1, 0.15) is 28.1 Å². The Balaban J connectivity index is 1.32. The van der Waals surface area contributed by atoms with Gasteiger partial charge in [-0.3, -0.25) is 9.80 Å². The molecule has 6 rings (SSSR count). The predicted octanol–water partition coefficient (Wildman–Crippen LogP) is 4.94. The van der Waals surface area contributed by atoms with Crippen LogP contribution in [0.15, 0.2) is 6.20 Å². The van der Waals surface area contributed by atoms with Crippen molar-refractivity contribution in [2.75, 3.05) is 37.7 Å². The third-order valence-electron chi connectivity index (χ3n) is 9.19. The van der Waals surface area contributed by atoms with Gasteiger partial charge < -0.3 is 14.7 Å². The molecule has 9 nitrogen and oxygen atoms in total. The average molecular weight is 550 g/mol. The average Bonchev–Trinajstić information content (AvgIpc) is 3.50. The van der Waals surface area contributed by atoms with E-state index in [9.17, 15) is 9.90 Å². The van der Waals surface area contributed by atoms with Gasteiger partial charge in [-0.05, 0) is 37.5 Å². The van der Waals surface area contributed by atoms with Crippen molar-refractivity contribution < 1.29 is 14.6 Å². The van der Waals surface area contributed by atoms with Crippen molar-refractivity contribution in [3.63, 3.8) is 0 Å². The van der Waals surface area contributed by atoms with Crippen molar-refractivity contribution in [1.82, 2.24) is 24.8 Å². The highest BCUT2D eigenvalue weighted by Crippen LogP contribution is 2.46. The molecule has 0 aliphatic carbocycles. The first-order chi connectivity index (χ1) is 17.8. The lowest BCUT2D eigenvalue weighted by molar-refractivity contribution is 0.107. The number of hydrogen-bond acceptors (Lipinski definition) is 7. The fourth-order valence-electron chi connectivity index (χ4n) is 7.28. The quantitative estimate of drug-likeness (QED) is 0.507. The van der Waals surface area contributed by atoms with Crippen LogP contribution in [0.1, 0.15) is 52.4 Å². The second kappa shape index (κ2) is 9.58. The molecule has 1 amide bonds. The number of rotatable bonds is 6. The number of ether oxygens (including phenoxy) is 1. The van der Waals surface area contributed by atoms with Gasteiger partial charge in [0, 0.05) is 32.4 Å². The molecular weight excluding hydrogens is 515 g/mol. The minimum Gasteiger partial charge on any atom is -0.465 e. The molecule has 4 aliphatic rings. The number of pyridine rings is 1. The second-order valence-corrected chi connectivity index (χ2v) is 12.0. The smallest absolute Gasteiger partial charge is 0.407 e. The van der Waals surface area contributed by atoms with Crippen molar-refractivity contribution in [2.45, 2.75) is 70.0 Å². The van der Waals surface area contributed by atoms with Crippen LogP contribution in [0, 0.1) is 11.8 Å². The summed E-state index contributed by atoms with van der Waals surface area (Å²) in [6.45, 7) is 8.46. The van der Waals surface area contributed by atoms with Crippen molar-refractivity contribution in [3.8, 4) is 6.01 Å². The van der Waals surface area contributed by atoms with Crippen molar-refractivity contribution in [1.29, 1.82) is 0 Å². The van der Waals surface area contributed by atoms with Gasteiger partial charge in [-0.1, -0.05) is 49.9 Å². The largest absolute Gasteiger partial charge is 0.465 e. The minimum absolute atomic E-state index is 0.0196. The summed E-state index contributed by atoms with van der Waals surface area (Å²) in [5, 5.41) is 10.9. The number of aromatic nitrogens is 3. The van der Waals surface area contributed by atoms with Gasteiger partial charge in [-0.15, -0.1) is 0 Å². The SMILES string of the molecule is CCC1CN2CC(CC)CC2(COc2nc(N3C[C@H]4CC[C@@H](C3)N4C(=O)O)c3cnc(Cl)c(Cl)c3n2)C1. The lowest BCUT2D eigenvalue weighted by Crippen LogP contribution is -2.55. The van der Waals surface area contributed by atoms with Gasteiger partial charge in [0.25, 0.3) is 0 Å². The zero-order valence-electron chi connectivity index (χ0n) is 21.4. The molecule has 11 heteroatoms. The molecule has 2 aromatic rings. The standard InChI is InChI=1S/C26H34Cl2N6O3/c1-3-15-7-26(8-16(4-2)11-33(26)10-15)14-37-24-30-21-19(9-29-22(28)20(21)27)23(31-24)32-12-17-5-6-18(13-32)34(17)25(35)36/h9,15-18H,3-8,10-14H2,1-2H3,(H,35,36)/t15?,16?,17-,18+,26?. The molecule has 0 saturated carbocycles. The van der Waals surface area contributed by atoms with E-state index in [1.807, 2.05) is 0 Å². The Labute approximate surface area is 227 Å². The molecule has 0 spiro atoms. The highest BCUT2D eigenvalue weighted by molar-refractivity contribution is 6.44. The number of nitrogens with zero attached hydrogens (tertiary/aromatic N) is 6. The molecule has 2 bridgehead atoms. The molecule has 4 atom stereocenters. The molecule has 0 radical (unpaired) electrons. The van der Waals surface area contributed by atoms with E-state index in [0.29, 0.717) is 48.3 Å². The van der Waals surface area contributed by atoms with Gasteiger partial charge in [-0.2, -0.15) is 9.97 Å². The number of carboxylic acid groups (broad SMARTS) is 1. The number of fused-ring (bicyclic) bond motifs is 4. The summed E-state index contributed by atoms with van der Waals surface area (Å²) >= 11 is 12.8. The molecule has 0 aromatic carbocycles. The Morgan fingerprint density at radius 3 is 2.32 bits per heavy atom. The van der Waals surface area contributed by atoms with Gasteiger partial charge in [0.15, 0.2) is 0 Å². The summed E-state index contributed by atoms with van der Waals surface area (Å²) in [5.74, 6) is 2.06. The van der Waals surface area contributed by atoms with Crippen LogP contribution in [0.25, 0.3) is 10.9 Å². The van der Waals surface area contributed by atoms with E-state index in [0.717, 1.165) is 38.8 Å². The van der Waals surface area contributed by atoms with Crippen LogP contribution >= 0.6 is 23.2 Å². The predicted molar refractivity (Wildman–Crippen MR) is 143 cm³/mol.